The summed E-state index contributed by atoms with van der Waals surface area (Å²) in [6.45, 7) is 4.55. The van der Waals surface area contributed by atoms with Gasteiger partial charge in [-0.2, -0.15) is 10.2 Å². The van der Waals surface area contributed by atoms with Gasteiger partial charge in [-0.05, 0) is 25.5 Å². The van der Waals surface area contributed by atoms with Crippen molar-refractivity contribution >= 4 is 17.4 Å². The lowest BCUT2D eigenvalue weighted by Gasteiger charge is -2.10. The third kappa shape index (κ3) is 3.61. The molecule has 0 aliphatic heterocycles. The topological polar surface area (TPSA) is 63.6 Å². The Kier molecular flexibility index (Phi) is 4.63. The molecule has 0 aromatic carbocycles. The highest BCUT2D eigenvalue weighted by Gasteiger charge is 2.09. The van der Waals surface area contributed by atoms with Gasteiger partial charge in [0.2, 0.25) is 0 Å². The van der Waals surface area contributed by atoms with Crippen LogP contribution in [0.5, 0.6) is 0 Å². The lowest BCUT2D eigenvalue weighted by Crippen LogP contribution is -2.08. The average Bonchev–Trinajstić information content (AvgIpc) is 2.42. The molecular weight excluding hydrogens is 262 g/mol. The standard InChI is InChI=1S/C13H16ClN5/c1-3-5-11-17-12(14)9(2)13(18-11)15-8-10-6-4-7-16-19-10/h4,6-7H,3,5,8H2,1-2H3,(H,15,17,18). The second-order valence-electron chi connectivity index (χ2n) is 4.22. The largest absolute Gasteiger partial charge is 0.364 e. The number of rotatable bonds is 5. The highest BCUT2D eigenvalue weighted by molar-refractivity contribution is 6.30. The molecule has 2 rings (SSSR count). The van der Waals surface area contributed by atoms with Crippen molar-refractivity contribution in [3.8, 4) is 0 Å². The predicted octanol–water partition coefficient (Wildman–Crippen LogP) is 2.79. The molecule has 0 aliphatic carbocycles. The summed E-state index contributed by atoms with van der Waals surface area (Å²) in [4.78, 5) is 8.75. The summed E-state index contributed by atoms with van der Waals surface area (Å²) in [5.74, 6) is 1.52. The molecule has 0 fully saturated rings. The van der Waals surface area contributed by atoms with Crippen molar-refractivity contribution in [1.29, 1.82) is 0 Å². The van der Waals surface area contributed by atoms with Crippen LogP contribution in [0, 0.1) is 6.92 Å². The first kappa shape index (κ1) is 13.7. The summed E-state index contributed by atoms with van der Waals surface area (Å²) < 4.78 is 0. The van der Waals surface area contributed by atoms with E-state index in [2.05, 4.69) is 32.4 Å². The zero-order chi connectivity index (χ0) is 13.7. The van der Waals surface area contributed by atoms with E-state index in [0.29, 0.717) is 11.7 Å². The van der Waals surface area contributed by atoms with Crippen LogP contribution in [0.1, 0.15) is 30.4 Å². The van der Waals surface area contributed by atoms with Crippen molar-refractivity contribution in [2.24, 2.45) is 0 Å². The maximum absolute atomic E-state index is 6.12. The highest BCUT2D eigenvalue weighted by Crippen LogP contribution is 2.20. The highest BCUT2D eigenvalue weighted by atomic mass is 35.5. The summed E-state index contributed by atoms with van der Waals surface area (Å²) in [5.41, 5.74) is 1.71. The van der Waals surface area contributed by atoms with Gasteiger partial charge in [-0.25, -0.2) is 9.97 Å². The molecule has 0 saturated carbocycles. The molecule has 5 nitrogen and oxygen atoms in total. The Bertz CT molecular complexity index is 544. The zero-order valence-corrected chi connectivity index (χ0v) is 11.8. The molecule has 2 aromatic rings. The number of aromatic nitrogens is 4. The minimum atomic E-state index is 0.500. The van der Waals surface area contributed by atoms with Crippen LogP contribution < -0.4 is 5.32 Å². The van der Waals surface area contributed by atoms with Gasteiger partial charge in [-0.3, -0.25) is 0 Å². The summed E-state index contributed by atoms with van der Waals surface area (Å²) in [6, 6.07) is 3.76. The van der Waals surface area contributed by atoms with Gasteiger partial charge in [-0.1, -0.05) is 18.5 Å². The molecule has 0 aliphatic rings. The van der Waals surface area contributed by atoms with Crippen LogP contribution >= 0.6 is 11.6 Å². The summed E-state index contributed by atoms with van der Waals surface area (Å²) in [5, 5.41) is 11.6. The quantitative estimate of drug-likeness (QED) is 0.852. The molecule has 0 radical (unpaired) electrons. The maximum Gasteiger partial charge on any atom is 0.137 e. The Labute approximate surface area is 117 Å². The molecule has 0 atom stereocenters. The predicted molar refractivity (Wildman–Crippen MR) is 75.1 cm³/mol. The summed E-state index contributed by atoms with van der Waals surface area (Å²) in [6.07, 6.45) is 3.46. The van der Waals surface area contributed by atoms with E-state index in [1.165, 1.54) is 0 Å². The minimum absolute atomic E-state index is 0.500. The molecule has 0 saturated heterocycles. The third-order valence-corrected chi connectivity index (χ3v) is 3.04. The second-order valence-corrected chi connectivity index (χ2v) is 4.58. The monoisotopic (exact) mass is 277 g/mol. The van der Waals surface area contributed by atoms with Crippen LogP contribution in [0.4, 0.5) is 5.82 Å². The molecule has 100 valence electrons. The Morgan fingerprint density at radius 2 is 2.16 bits per heavy atom. The first-order chi connectivity index (χ1) is 9.20. The Morgan fingerprint density at radius 3 is 2.84 bits per heavy atom. The molecular formula is C13H16ClN5. The second kappa shape index (κ2) is 6.43. The fourth-order valence-corrected chi connectivity index (χ4v) is 1.83. The minimum Gasteiger partial charge on any atom is -0.364 e. The van der Waals surface area contributed by atoms with Crippen molar-refractivity contribution in [2.75, 3.05) is 5.32 Å². The molecule has 0 spiro atoms. The summed E-state index contributed by atoms with van der Waals surface area (Å²) in [7, 11) is 0. The molecule has 0 bridgehead atoms. The van der Waals surface area contributed by atoms with E-state index in [0.717, 1.165) is 35.7 Å². The number of hydrogen-bond donors (Lipinski definition) is 1. The van der Waals surface area contributed by atoms with Crippen molar-refractivity contribution in [3.63, 3.8) is 0 Å². The van der Waals surface area contributed by atoms with Gasteiger partial charge in [0.05, 0.1) is 12.2 Å². The van der Waals surface area contributed by atoms with Crippen LogP contribution in [-0.4, -0.2) is 20.2 Å². The van der Waals surface area contributed by atoms with Crippen LogP contribution in [0.3, 0.4) is 0 Å². The number of halogens is 1. The zero-order valence-electron chi connectivity index (χ0n) is 11.0. The summed E-state index contributed by atoms with van der Waals surface area (Å²) >= 11 is 6.12. The molecule has 1 N–H and O–H groups in total. The maximum atomic E-state index is 6.12. The van der Waals surface area contributed by atoms with E-state index in [4.69, 9.17) is 11.6 Å². The van der Waals surface area contributed by atoms with E-state index in [1.807, 2.05) is 19.1 Å². The van der Waals surface area contributed by atoms with Crippen LogP contribution in [0.2, 0.25) is 5.15 Å². The van der Waals surface area contributed by atoms with Gasteiger partial charge in [0.25, 0.3) is 0 Å². The van der Waals surface area contributed by atoms with Crippen molar-refractivity contribution in [3.05, 3.63) is 40.6 Å². The van der Waals surface area contributed by atoms with Crippen LogP contribution in [0.25, 0.3) is 0 Å². The van der Waals surface area contributed by atoms with Gasteiger partial charge in [-0.15, -0.1) is 0 Å². The first-order valence-corrected chi connectivity index (χ1v) is 6.62. The van der Waals surface area contributed by atoms with E-state index in [9.17, 15) is 0 Å². The average molecular weight is 278 g/mol. The van der Waals surface area contributed by atoms with E-state index in [1.54, 1.807) is 6.20 Å². The lowest BCUT2D eigenvalue weighted by atomic mass is 10.3. The number of nitrogens with zero attached hydrogens (tertiary/aromatic N) is 4. The normalized spacial score (nSPS) is 10.5. The van der Waals surface area contributed by atoms with E-state index in [-0.39, 0.29) is 0 Å². The van der Waals surface area contributed by atoms with Gasteiger partial charge in [0.1, 0.15) is 16.8 Å². The Morgan fingerprint density at radius 1 is 1.32 bits per heavy atom. The molecule has 2 heterocycles. The van der Waals surface area contributed by atoms with Gasteiger partial charge in [0, 0.05) is 18.2 Å². The number of hydrogen-bond acceptors (Lipinski definition) is 5. The number of nitrogens with one attached hydrogen (secondary N) is 1. The van der Waals surface area contributed by atoms with Crippen molar-refractivity contribution < 1.29 is 0 Å². The van der Waals surface area contributed by atoms with Gasteiger partial charge < -0.3 is 5.32 Å². The SMILES string of the molecule is CCCc1nc(Cl)c(C)c(NCc2cccnn2)n1. The van der Waals surface area contributed by atoms with Gasteiger partial charge >= 0.3 is 0 Å². The molecule has 2 aromatic heterocycles. The molecule has 6 heteroatoms. The van der Waals surface area contributed by atoms with Crippen LogP contribution in [-0.2, 0) is 13.0 Å². The van der Waals surface area contributed by atoms with E-state index >= 15 is 0 Å². The molecule has 19 heavy (non-hydrogen) atoms. The fourth-order valence-electron chi connectivity index (χ4n) is 1.64. The number of anilines is 1. The third-order valence-electron chi connectivity index (χ3n) is 2.67. The van der Waals surface area contributed by atoms with Crippen molar-refractivity contribution in [2.45, 2.75) is 33.2 Å². The fraction of sp³-hybridized carbons (Fsp3) is 0.385. The molecule has 0 unspecified atom stereocenters. The smallest absolute Gasteiger partial charge is 0.137 e. The first-order valence-electron chi connectivity index (χ1n) is 6.24. The van der Waals surface area contributed by atoms with Crippen LogP contribution in [0.15, 0.2) is 18.3 Å². The van der Waals surface area contributed by atoms with Gasteiger partial charge in [0.15, 0.2) is 0 Å². The number of aryl methyl sites for hydroxylation is 1. The molecule has 0 amide bonds. The Hall–Kier alpha value is -1.75. The van der Waals surface area contributed by atoms with Crippen molar-refractivity contribution in [1.82, 2.24) is 20.2 Å². The van der Waals surface area contributed by atoms with E-state index < -0.39 is 0 Å². The Balaban J connectivity index is 2.15. The lowest BCUT2D eigenvalue weighted by molar-refractivity contribution is 0.827.